The van der Waals surface area contributed by atoms with Crippen LogP contribution in [0.15, 0.2) is 11.6 Å². The molecule has 0 heterocycles. The second-order valence-corrected chi connectivity index (χ2v) is 9.02. The summed E-state index contributed by atoms with van der Waals surface area (Å²) in [5.41, 5.74) is 0.820. The molecule has 3 saturated carbocycles. The van der Waals surface area contributed by atoms with Crippen molar-refractivity contribution in [1.29, 1.82) is 0 Å². The molecule has 4 rings (SSSR count). The highest BCUT2D eigenvalue weighted by atomic mass is 19.1. The normalized spacial score (nSPS) is 58.9. The summed E-state index contributed by atoms with van der Waals surface area (Å²) in [4.78, 5) is 0. The Bertz CT molecular complexity index is 535. The zero-order valence-electron chi connectivity index (χ0n) is 14.1. The van der Waals surface area contributed by atoms with Gasteiger partial charge >= 0.3 is 0 Å². The van der Waals surface area contributed by atoms with Gasteiger partial charge in [-0.15, -0.1) is 0 Å². The van der Waals surface area contributed by atoms with E-state index in [9.17, 15) is 19.7 Å². The molecule has 0 aromatic rings. The van der Waals surface area contributed by atoms with E-state index >= 15 is 0 Å². The summed E-state index contributed by atoms with van der Waals surface area (Å²) in [6.07, 6.45) is 3.49. The summed E-state index contributed by atoms with van der Waals surface area (Å²) in [5, 5.41) is 31.2. The predicted octanol–water partition coefficient (Wildman–Crippen LogP) is 2.59. The fourth-order valence-electron chi connectivity index (χ4n) is 6.62. The van der Waals surface area contributed by atoms with Crippen molar-refractivity contribution >= 4 is 0 Å². The van der Waals surface area contributed by atoms with Gasteiger partial charge in [-0.3, -0.25) is 0 Å². The molecule has 0 saturated heterocycles. The molecule has 0 unspecified atom stereocenters. The predicted molar refractivity (Wildman–Crippen MR) is 85.4 cm³/mol. The molecular weight excluding hydrogens is 295 g/mol. The first-order chi connectivity index (χ1) is 10.8. The number of rotatable bonds is 0. The molecule has 0 aromatic heterocycles. The third-order valence-electron chi connectivity index (χ3n) is 8.05. The zero-order valence-corrected chi connectivity index (χ0v) is 14.1. The molecule has 9 atom stereocenters. The Morgan fingerprint density at radius 2 is 1.83 bits per heavy atom. The van der Waals surface area contributed by atoms with Gasteiger partial charge in [-0.25, -0.2) is 4.39 Å². The summed E-state index contributed by atoms with van der Waals surface area (Å²) >= 11 is 0. The Morgan fingerprint density at radius 3 is 2.57 bits per heavy atom. The molecule has 4 aliphatic carbocycles. The topological polar surface area (TPSA) is 60.7 Å². The van der Waals surface area contributed by atoms with E-state index in [1.54, 1.807) is 0 Å². The molecule has 4 aliphatic rings. The Labute approximate surface area is 137 Å². The van der Waals surface area contributed by atoms with Crippen molar-refractivity contribution in [2.24, 2.45) is 28.6 Å². The third-order valence-corrected chi connectivity index (χ3v) is 8.05. The van der Waals surface area contributed by atoms with Crippen molar-refractivity contribution in [1.82, 2.24) is 0 Å². The van der Waals surface area contributed by atoms with Gasteiger partial charge in [0.05, 0.1) is 18.3 Å². The van der Waals surface area contributed by atoms with E-state index in [0.717, 1.165) is 25.7 Å². The lowest BCUT2D eigenvalue weighted by molar-refractivity contribution is -0.123. The number of aliphatic hydroxyl groups excluding tert-OH is 3. The lowest BCUT2D eigenvalue weighted by Gasteiger charge is -2.59. The molecule has 23 heavy (non-hydrogen) atoms. The average Bonchev–Trinajstić information content (AvgIpc) is 2.73. The number of alkyl halides is 1. The summed E-state index contributed by atoms with van der Waals surface area (Å²) in [6.45, 7) is 4.29. The molecule has 0 bridgehead atoms. The van der Waals surface area contributed by atoms with Crippen LogP contribution in [-0.2, 0) is 0 Å². The minimum absolute atomic E-state index is 0.0177. The standard InChI is InChI=1S/C19H29FO3/c1-18-5-3-11(21)7-10(18)8-15(22)16-12(18)4-6-19(2)13(16)9-14(20)17(19)23/h7,11-17,21-23H,3-6,8-9H2,1-2H3/t11-,12-,13-,14+,15-,16+,17-,18-,19-/m0/s1. The number of halogens is 1. The summed E-state index contributed by atoms with van der Waals surface area (Å²) in [5.74, 6) is 0.466. The van der Waals surface area contributed by atoms with Gasteiger partial charge in [-0.05, 0) is 67.1 Å². The van der Waals surface area contributed by atoms with E-state index in [4.69, 9.17) is 0 Å². The second kappa shape index (κ2) is 5.03. The first-order valence-corrected chi connectivity index (χ1v) is 9.17. The van der Waals surface area contributed by atoms with Crippen LogP contribution in [0.1, 0.15) is 52.4 Å². The Morgan fingerprint density at radius 1 is 1.09 bits per heavy atom. The molecule has 130 valence electrons. The van der Waals surface area contributed by atoms with Gasteiger partial charge in [-0.1, -0.05) is 25.5 Å². The van der Waals surface area contributed by atoms with Crippen LogP contribution in [0.25, 0.3) is 0 Å². The number of aliphatic hydroxyl groups is 3. The summed E-state index contributed by atoms with van der Waals surface area (Å²) in [6, 6.07) is 0. The number of hydrogen-bond acceptors (Lipinski definition) is 3. The smallest absolute Gasteiger partial charge is 0.127 e. The van der Waals surface area contributed by atoms with Crippen LogP contribution in [0.3, 0.4) is 0 Å². The molecule has 0 aliphatic heterocycles. The Hall–Kier alpha value is -0.450. The highest BCUT2D eigenvalue weighted by Gasteiger charge is 2.63. The maximum Gasteiger partial charge on any atom is 0.127 e. The Balaban J connectivity index is 1.73. The van der Waals surface area contributed by atoms with Crippen molar-refractivity contribution < 1.29 is 19.7 Å². The monoisotopic (exact) mass is 324 g/mol. The van der Waals surface area contributed by atoms with Gasteiger partial charge in [0.2, 0.25) is 0 Å². The van der Waals surface area contributed by atoms with Gasteiger partial charge in [0.1, 0.15) is 6.17 Å². The lowest BCUT2D eigenvalue weighted by Crippen LogP contribution is -2.56. The first kappa shape index (κ1) is 16.0. The molecule has 0 spiro atoms. The third kappa shape index (κ3) is 2.04. The summed E-state index contributed by atoms with van der Waals surface area (Å²) < 4.78 is 14.3. The minimum Gasteiger partial charge on any atom is -0.392 e. The van der Waals surface area contributed by atoms with Crippen molar-refractivity contribution in [2.75, 3.05) is 0 Å². The van der Waals surface area contributed by atoms with Crippen LogP contribution in [0.4, 0.5) is 4.39 Å². The second-order valence-electron chi connectivity index (χ2n) is 9.02. The molecule has 4 heteroatoms. The molecule has 0 amide bonds. The van der Waals surface area contributed by atoms with Crippen molar-refractivity contribution in [2.45, 2.75) is 76.9 Å². The highest BCUT2D eigenvalue weighted by molar-refractivity contribution is 5.27. The van der Waals surface area contributed by atoms with Gasteiger partial charge in [-0.2, -0.15) is 0 Å². The fourth-order valence-corrected chi connectivity index (χ4v) is 6.62. The van der Waals surface area contributed by atoms with Crippen molar-refractivity contribution in [3.05, 3.63) is 11.6 Å². The molecular formula is C19H29FO3. The van der Waals surface area contributed by atoms with E-state index < -0.39 is 23.8 Å². The van der Waals surface area contributed by atoms with Gasteiger partial charge < -0.3 is 15.3 Å². The van der Waals surface area contributed by atoms with Crippen LogP contribution in [0.2, 0.25) is 0 Å². The van der Waals surface area contributed by atoms with Gasteiger partial charge in [0.25, 0.3) is 0 Å². The van der Waals surface area contributed by atoms with Crippen LogP contribution in [0, 0.1) is 28.6 Å². The van der Waals surface area contributed by atoms with E-state index in [-0.39, 0.29) is 23.4 Å². The molecule has 0 radical (unpaired) electrons. The number of hydrogen-bond donors (Lipinski definition) is 3. The molecule has 3 N–H and O–H groups in total. The maximum absolute atomic E-state index is 14.3. The quantitative estimate of drug-likeness (QED) is 0.600. The summed E-state index contributed by atoms with van der Waals surface area (Å²) in [7, 11) is 0. The maximum atomic E-state index is 14.3. The average molecular weight is 324 g/mol. The molecule has 0 aromatic carbocycles. The lowest BCUT2D eigenvalue weighted by atomic mass is 9.46. The zero-order chi connectivity index (χ0) is 16.6. The van der Waals surface area contributed by atoms with Crippen LogP contribution >= 0.6 is 0 Å². The number of fused-ring (bicyclic) bond motifs is 5. The van der Waals surface area contributed by atoms with Crippen LogP contribution in [0.5, 0.6) is 0 Å². The van der Waals surface area contributed by atoms with Crippen molar-refractivity contribution in [3.63, 3.8) is 0 Å². The minimum atomic E-state index is -1.16. The highest BCUT2D eigenvalue weighted by Crippen LogP contribution is 2.65. The largest absolute Gasteiger partial charge is 0.392 e. The molecule has 3 fully saturated rings. The Kier molecular flexibility index (Phi) is 3.51. The SMILES string of the molecule is C[C@]12CC[C@H]3[C@@H]([C@@H](O)CC4=C[C@@H](O)CC[C@@]43C)[C@@H]1C[C@@H](F)[C@@H]2O. The van der Waals surface area contributed by atoms with E-state index in [1.807, 2.05) is 13.0 Å². The van der Waals surface area contributed by atoms with E-state index in [2.05, 4.69) is 6.92 Å². The van der Waals surface area contributed by atoms with E-state index in [1.165, 1.54) is 5.57 Å². The van der Waals surface area contributed by atoms with Crippen LogP contribution in [-0.4, -0.2) is 39.8 Å². The first-order valence-electron chi connectivity index (χ1n) is 9.17. The van der Waals surface area contributed by atoms with Gasteiger partial charge in [0.15, 0.2) is 0 Å². The van der Waals surface area contributed by atoms with E-state index in [0.29, 0.717) is 18.8 Å². The fraction of sp³-hybridized carbons (Fsp3) is 0.895. The van der Waals surface area contributed by atoms with Gasteiger partial charge in [0, 0.05) is 0 Å². The van der Waals surface area contributed by atoms with Crippen molar-refractivity contribution in [3.8, 4) is 0 Å². The van der Waals surface area contributed by atoms with Crippen LogP contribution < -0.4 is 0 Å². The molecule has 3 nitrogen and oxygen atoms in total.